The molecular weight excluding hydrogens is 846 g/mol. The monoisotopic (exact) mass is 920 g/mol. The second kappa shape index (κ2) is 15.8. The normalized spacial score (nSPS) is 19.6. The Balaban J connectivity index is 1.30. The summed E-state index contributed by atoms with van der Waals surface area (Å²) in [5.74, 6) is 0. The Bertz CT molecular complexity index is 3190. The van der Waals surface area contributed by atoms with Gasteiger partial charge in [-0.25, -0.2) is 0 Å². The van der Waals surface area contributed by atoms with E-state index in [1.165, 1.54) is 120 Å². The van der Waals surface area contributed by atoms with Gasteiger partial charge in [0.25, 0.3) is 6.71 Å². The van der Waals surface area contributed by atoms with Crippen LogP contribution in [-0.2, 0) is 27.1 Å². The van der Waals surface area contributed by atoms with Crippen LogP contribution in [0.1, 0.15) is 150 Å². The Hall–Kier alpha value is -6.00. The van der Waals surface area contributed by atoms with E-state index in [0.29, 0.717) is 0 Å². The van der Waals surface area contributed by atoms with Crippen molar-refractivity contribution in [2.75, 3.05) is 14.7 Å². The molecule has 0 radical (unpaired) electrons. The maximum absolute atomic E-state index is 2.80. The number of fused-ring (bicyclic) bond motifs is 7. The lowest BCUT2D eigenvalue weighted by Crippen LogP contribution is -2.62. The molecule has 3 nitrogen and oxygen atoms in total. The van der Waals surface area contributed by atoms with E-state index in [1.807, 2.05) is 0 Å². The van der Waals surface area contributed by atoms with Gasteiger partial charge in [-0.05, 0) is 146 Å². The molecule has 70 heavy (non-hydrogen) atoms. The zero-order valence-electron chi connectivity index (χ0n) is 44.6. The molecule has 0 spiro atoms. The number of hydrogen-bond acceptors (Lipinski definition) is 3. The molecule has 356 valence electrons. The van der Waals surface area contributed by atoms with Crippen molar-refractivity contribution < 1.29 is 0 Å². The van der Waals surface area contributed by atoms with E-state index in [9.17, 15) is 0 Å². The fourth-order valence-corrected chi connectivity index (χ4v) is 12.8. The second-order valence-electron chi connectivity index (χ2n) is 25.9. The maximum atomic E-state index is 2.80. The first kappa shape index (κ1) is 46.4. The first-order chi connectivity index (χ1) is 33.0. The van der Waals surface area contributed by atoms with Crippen LogP contribution >= 0.6 is 0 Å². The standard InChI is InChI=1S/C66H74BN3/c1-61(2,3)44-26-31-48(32-27-44)68-56-35-30-46(63(7,8)9)39-53(56)67-52-33-28-47(64(10,11)12)40-57(52)69(54-34-29-45(62(4,5)6)38-50(54)43-22-16-15-17-23-43)59-42-49(41-58(68)60(59)67)70-55-25-19-18-24-51(55)65(13)36-20-21-37-66(65,70)14/h15-19,22-35,38-42H,20-21,36-37H2,1-14H3. The average molecular weight is 920 g/mol. The summed E-state index contributed by atoms with van der Waals surface area (Å²) < 4.78 is 0. The van der Waals surface area contributed by atoms with Gasteiger partial charge in [0.15, 0.2) is 0 Å². The second-order valence-corrected chi connectivity index (χ2v) is 25.9. The Kier molecular flexibility index (Phi) is 10.4. The van der Waals surface area contributed by atoms with Crippen LogP contribution in [0.2, 0.25) is 0 Å². The van der Waals surface area contributed by atoms with Crippen LogP contribution < -0.4 is 31.1 Å². The Morgan fingerprint density at radius 2 is 0.957 bits per heavy atom. The topological polar surface area (TPSA) is 9.72 Å². The number of rotatable bonds is 4. The molecule has 3 aliphatic heterocycles. The van der Waals surface area contributed by atoms with E-state index in [0.717, 1.165) is 6.42 Å². The molecule has 1 aliphatic carbocycles. The van der Waals surface area contributed by atoms with Crippen molar-refractivity contribution in [2.24, 2.45) is 0 Å². The molecule has 4 heteroatoms. The summed E-state index contributed by atoms with van der Waals surface area (Å²) in [4.78, 5) is 8.12. The van der Waals surface area contributed by atoms with E-state index < -0.39 is 0 Å². The van der Waals surface area contributed by atoms with Crippen molar-refractivity contribution in [3.63, 3.8) is 0 Å². The number of nitrogens with zero attached hydrogens (tertiary/aromatic N) is 3. The van der Waals surface area contributed by atoms with Gasteiger partial charge in [0.05, 0.1) is 11.2 Å². The maximum Gasteiger partial charge on any atom is 0.252 e. The van der Waals surface area contributed by atoms with Crippen LogP contribution in [0.5, 0.6) is 0 Å². The summed E-state index contributed by atoms with van der Waals surface area (Å²) in [6.07, 6.45) is 4.80. The Labute approximate surface area is 421 Å². The lowest BCUT2D eigenvalue weighted by Gasteiger charge is -2.51. The molecule has 0 aromatic heterocycles. The van der Waals surface area contributed by atoms with E-state index in [2.05, 4.69) is 257 Å². The van der Waals surface area contributed by atoms with Crippen molar-refractivity contribution in [1.82, 2.24) is 0 Å². The van der Waals surface area contributed by atoms with Crippen molar-refractivity contribution >= 4 is 68.6 Å². The highest BCUT2D eigenvalue weighted by atomic mass is 15.3. The zero-order valence-corrected chi connectivity index (χ0v) is 44.6. The van der Waals surface area contributed by atoms with Crippen LogP contribution in [0, 0.1) is 0 Å². The molecule has 1 fully saturated rings. The number of para-hydroxylation sites is 1. The van der Waals surface area contributed by atoms with Crippen molar-refractivity contribution in [2.45, 2.75) is 155 Å². The fourth-order valence-electron chi connectivity index (χ4n) is 12.8. The molecule has 1 saturated carbocycles. The molecule has 2 unspecified atom stereocenters. The minimum Gasteiger partial charge on any atom is -0.334 e. The van der Waals surface area contributed by atoms with Gasteiger partial charge in [0, 0.05) is 50.8 Å². The van der Waals surface area contributed by atoms with Crippen LogP contribution in [0.15, 0.2) is 146 Å². The SMILES string of the molecule is CC(C)(C)c1ccc(N2c3ccc(C(C)(C)C)cc3B3c4ccc(C(C)(C)C)cc4N(c4ccc(C(C)(C)C)cc4-c4ccccc4)c4cc(N5c6ccccc6C6(C)CCCCC56C)cc2c43)cc1. The van der Waals surface area contributed by atoms with Crippen molar-refractivity contribution in [1.29, 1.82) is 0 Å². The lowest BCUT2D eigenvalue weighted by atomic mass is 9.33. The van der Waals surface area contributed by atoms with Gasteiger partial charge in [-0.2, -0.15) is 0 Å². The molecule has 0 bridgehead atoms. The highest BCUT2D eigenvalue weighted by Crippen LogP contribution is 2.62. The van der Waals surface area contributed by atoms with Gasteiger partial charge in [-0.3, -0.25) is 0 Å². The summed E-state index contributed by atoms with van der Waals surface area (Å²) >= 11 is 0. The van der Waals surface area contributed by atoms with E-state index >= 15 is 0 Å². The summed E-state index contributed by atoms with van der Waals surface area (Å²) in [5, 5.41) is 0. The van der Waals surface area contributed by atoms with Gasteiger partial charge >= 0.3 is 0 Å². The predicted molar refractivity (Wildman–Crippen MR) is 304 cm³/mol. The smallest absolute Gasteiger partial charge is 0.252 e. The van der Waals surface area contributed by atoms with Crippen LogP contribution in [-0.4, -0.2) is 12.3 Å². The van der Waals surface area contributed by atoms with Gasteiger partial charge < -0.3 is 14.7 Å². The van der Waals surface area contributed by atoms with E-state index in [4.69, 9.17) is 0 Å². The highest BCUT2D eigenvalue weighted by Gasteiger charge is 2.58. The van der Waals surface area contributed by atoms with E-state index in [1.54, 1.807) is 0 Å². The van der Waals surface area contributed by atoms with Gasteiger partial charge in [-0.15, -0.1) is 0 Å². The third kappa shape index (κ3) is 7.12. The molecule has 0 N–H and O–H groups in total. The molecule has 7 aromatic carbocycles. The molecule has 0 amide bonds. The van der Waals surface area contributed by atoms with Crippen LogP contribution in [0.4, 0.5) is 45.5 Å². The van der Waals surface area contributed by atoms with Gasteiger partial charge in [0.2, 0.25) is 0 Å². The third-order valence-corrected chi connectivity index (χ3v) is 17.2. The first-order valence-corrected chi connectivity index (χ1v) is 26.3. The van der Waals surface area contributed by atoms with Crippen LogP contribution in [0.3, 0.4) is 0 Å². The molecule has 7 aromatic rings. The van der Waals surface area contributed by atoms with Crippen LogP contribution in [0.25, 0.3) is 11.1 Å². The zero-order chi connectivity index (χ0) is 49.5. The largest absolute Gasteiger partial charge is 0.334 e. The van der Waals surface area contributed by atoms with Gasteiger partial charge in [0.1, 0.15) is 0 Å². The average Bonchev–Trinajstić information content (AvgIpc) is 3.53. The Morgan fingerprint density at radius 1 is 0.414 bits per heavy atom. The van der Waals surface area contributed by atoms with Crippen molar-refractivity contribution in [3.05, 3.63) is 173 Å². The number of hydrogen-bond donors (Lipinski definition) is 0. The molecule has 3 heterocycles. The highest BCUT2D eigenvalue weighted by molar-refractivity contribution is 7.00. The van der Waals surface area contributed by atoms with E-state index in [-0.39, 0.29) is 39.3 Å². The predicted octanol–water partition coefficient (Wildman–Crippen LogP) is 16.4. The minimum atomic E-state index is -0.122. The molecule has 0 saturated heterocycles. The molecule has 11 rings (SSSR count). The van der Waals surface area contributed by atoms with Crippen molar-refractivity contribution in [3.8, 4) is 11.1 Å². The summed E-state index contributed by atoms with van der Waals surface area (Å²) in [6.45, 7) is 33.3. The molecule has 4 aliphatic rings. The first-order valence-electron chi connectivity index (χ1n) is 26.3. The number of benzene rings is 7. The third-order valence-electron chi connectivity index (χ3n) is 17.2. The Morgan fingerprint density at radius 3 is 1.61 bits per heavy atom. The summed E-state index contributed by atoms with van der Waals surface area (Å²) in [7, 11) is 0. The summed E-state index contributed by atoms with van der Waals surface area (Å²) in [5.41, 5.74) is 23.2. The molecule has 2 atom stereocenters. The van der Waals surface area contributed by atoms with Gasteiger partial charge in [-0.1, -0.05) is 194 Å². The summed E-state index contributed by atoms with van der Waals surface area (Å²) in [6, 6.07) is 57.4. The quantitative estimate of drug-likeness (QED) is 0.163. The number of anilines is 8. The lowest BCUT2D eigenvalue weighted by molar-refractivity contribution is 0.195. The molecular formula is C66H74BN3. The minimum absolute atomic E-state index is 0.00265. The fraction of sp³-hybridized carbons (Fsp3) is 0.364.